The number of nitrogens with one attached hydrogen (secondary N) is 1. The number of amides is 3. The van der Waals surface area contributed by atoms with Crippen LogP contribution >= 0.6 is 0 Å². The van der Waals surface area contributed by atoms with Gasteiger partial charge in [0.2, 0.25) is 5.91 Å². The Bertz CT molecular complexity index is 1700. The van der Waals surface area contributed by atoms with Gasteiger partial charge in [-0.2, -0.15) is 0 Å². The average Bonchev–Trinajstić information content (AvgIpc) is 3.27. The number of benzene rings is 4. The Kier molecular flexibility index (Phi) is 8.76. The lowest BCUT2D eigenvalue weighted by Gasteiger charge is -2.33. The van der Waals surface area contributed by atoms with Gasteiger partial charge in [-0.1, -0.05) is 48.5 Å². The van der Waals surface area contributed by atoms with E-state index in [4.69, 9.17) is 4.74 Å². The van der Waals surface area contributed by atoms with Gasteiger partial charge >= 0.3 is 0 Å². The summed E-state index contributed by atoms with van der Waals surface area (Å²) in [5.41, 5.74) is 4.50. The van der Waals surface area contributed by atoms with Gasteiger partial charge in [-0.3, -0.25) is 24.1 Å². The van der Waals surface area contributed by atoms with Crippen molar-refractivity contribution >= 4 is 40.6 Å². The van der Waals surface area contributed by atoms with Crippen LogP contribution in [0.3, 0.4) is 0 Å². The number of ether oxygens (including phenoxy) is 1. The number of nitrogens with zero attached hydrogens (tertiary/aromatic N) is 3. The Labute approximate surface area is 256 Å². The summed E-state index contributed by atoms with van der Waals surface area (Å²) >= 11 is 0. The lowest BCUT2D eigenvalue weighted by Crippen LogP contribution is -2.46. The van der Waals surface area contributed by atoms with Gasteiger partial charge in [-0.15, -0.1) is 0 Å². The van der Waals surface area contributed by atoms with Crippen molar-refractivity contribution in [3.05, 3.63) is 119 Å². The molecule has 0 bridgehead atoms. The van der Waals surface area contributed by atoms with Gasteiger partial charge in [0, 0.05) is 32.0 Å². The van der Waals surface area contributed by atoms with Crippen molar-refractivity contribution in [2.75, 3.05) is 42.9 Å². The average molecular weight is 591 g/mol. The smallest absolute Gasteiger partial charge is 0.299 e. The SMILES string of the molecule is COc1ccc(C(C(=O)Nc2ccc(N(C)C)cc2)N(Cc2ccccc2C)C(=O)CN2C(=O)C(=O)c3ccccc32)cc1. The number of Topliss-reactive ketones (excluding diaryl/α,β-unsaturated/α-hetero) is 1. The number of hydrogen-bond acceptors (Lipinski definition) is 6. The predicted octanol–water partition coefficient (Wildman–Crippen LogP) is 5.01. The summed E-state index contributed by atoms with van der Waals surface area (Å²) in [7, 11) is 5.41. The Hall–Kier alpha value is -5.44. The monoisotopic (exact) mass is 590 g/mol. The summed E-state index contributed by atoms with van der Waals surface area (Å²) in [4.78, 5) is 58.8. The van der Waals surface area contributed by atoms with Gasteiger partial charge in [0.1, 0.15) is 18.3 Å². The number of hydrogen-bond donors (Lipinski definition) is 1. The number of carbonyl (C=O) groups excluding carboxylic acids is 4. The number of methoxy groups -OCH3 is 1. The second-order valence-corrected chi connectivity index (χ2v) is 10.8. The van der Waals surface area contributed by atoms with E-state index >= 15 is 0 Å². The first kappa shape index (κ1) is 30.0. The zero-order valence-corrected chi connectivity index (χ0v) is 25.1. The summed E-state index contributed by atoms with van der Waals surface area (Å²) in [6.07, 6.45) is 0. The molecule has 0 fully saturated rings. The van der Waals surface area contributed by atoms with Crippen molar-refractivity contribution < 1.29 is 23.9 Å². The van der Waals surface area contributed by atoms with Crippen LogP contribution < -0.4 is 19.9 Å². The van der Waals surface area contributed by atoms with Crippen LogP contribution in [0.1, 0.15) is 33.1 Å². The molecule has 1 heterocycles. The van der Waals surface area contributed by atoms with Crippen molar-refractivity contribution in [1.29, 1.82) is 0 Å². The maximum absolute atomic E-state index is 14.3. The third-order valence-corrected chi connectivity index (χ3v) is 7.74. The molecule has 1 aliphatic rings. The number of fused-ring (bicyclic) bond motifs is 1. The van der Waals surface area contributed by atoms with E-state index in [1.165, 1.54) is 9.80 Å². The molecule has 3 amide bonds. The Morgan fingerprint density at radius 3 is 2.18 bits per heavy atom. The number of carbonyl (C=O) groups is 4. The molecule has 1 unspecified atom stereocenters. The van der Waals surface area contributed by atoms with Crippen LogP contribution in [-0.4, -0.2) is 56.2 Å². The second kappa shape index (κ2) is 12.8. The van der Waals surface area contributed by atoms with Crippen LogP contribution in [0.2, 0.25) is 0 Å². The fourth-order valence-electron chi connectivity index (χ4n) is 5.24. The Balaban J connectivity index is 1.55. The van der Waals surface area contributed by atoms with Crippen molar-refractivity contribution in [3.63, 3.8) is 0 Å². The predicted molar refractivity (Wildman–Crippen MR) is 170 cm³/mol. The van der Waals surface area contributed by atoms with Gasteiger partial charge in [-0.05, 0) is 72.1 Å². The van der Waals surface area contributed by atoms with E-state index < -0.39 is 36.1 Å². The van der Waals surface area contributed by atoms with Crippen molar-refractivity contribution in [3.8, 4) is 5.75 Å². The first-order valence-corrected chi connectivity index (χ1v) is 14.2. The maximum atomic E-state index is 14.3. The lowest BCUT2D eigenvalue weighted by atomic mass is 10.0. The normalized spacial score (nSPS) is 12.9. The largest absolute Gasteiger partial charge is 0.497 e. The number of para-hydroxylation sites is 1. The van der Waals surface area contributed by atoms with Crippen molar-refractivity contribution in [1.82, 2.24) is 4.90 Å². The highest BCUT2D eigenvalue weighted by Gasteiger charge is 2.39. The molecule has 0 saturated heterocycles. The van der Waals surface area contributed by atoms with Crippen molar-refractivity contribution in [2.45, 2.75) is 19.5 Å². The first-order valence-electron chi connectivity index (χ1n) is 14.2. The van der Waals surface area contributed by atoms with Gasteiger partial charge in [-0.25, -0.2) is 0 Å². The first-order chi connectivity index (χ1) is 21.2. The molecule has 9 nitrogen and oxygen atoms in total. The molecule has 0 spiro atoms. The highest BCUT2D eigenvalue weighted by molar-refractivity contribution is 6.52. The van der Waals surface area contributed by atoms with Gasteiger partial charge in [0.05, 0.1) is 18.4 Å². The van der Waals surface area contributed by atoms with Crippen LogP contribution in [0, 0.1) is 6.92 Å². The molecule has 224 valence electrons. The summed E-state index contributed by atoms with van der Waals surface area (Å²) in [5.74, 6) is -1.77. The molecule has 4 aromatic rings. The quantitative estimate of drug-likeness (QED) is 0.261. The van der Waals surface area contributed by atoms with E-state index in [1.54, 1.807) is 67.8 Å². The van der Waals surface area contributed by atoms with Gasteiger partial charge < -0.3 is 19.9 Å². The highest BCUT2D eigenvalue weighted by atomic mass is 16.5. The van der Waals surface area contributed by atoms with E-state index in [-0.39, 0.29) is 12.1 Å². The molecule has 44 heavy (non-hydrogen) atoms. The van der Waals surface area contributed by atoms with Crippen LogP contribution in [0.5, 0.6) is 5.75 Å². The van der Waals surface area contributed by atoms with Crippen LogP contribution in [-0.2, 0) is 20.9 Å². The van der Waals surface area contributed by atoms with Crippen LogP contribution in [0.25, 0.3) is 0 Å². The summed E-state index contributed by atoms with van der Waals surface area (Å²) in [6, 6.07) is 27.5. The standard InChI is InChI=1S/C35H34N4O5/c1-23-9-5-6-10-25(23)21-39(31(40)22-38-30-12-8-7-11-29(30)33(41)35(38)43)32(24-13-19-28(44-4)20-14-24)34(42)36-26-15-17-27(18-16-26)37(2)3/h5-20,32H,21-22H2,1-4H3,(H,36,42). The Morgan fingerprint density at radius 2 is 1.52 bits per heavy atom. The zero-order chi connectivity index (χ0) is 31.4. The number of anilines is 3. The minimum Gasteiger partial charge on any atom is -0.497 e. The van der Waals surface area contributed by atoms with Gasteiger partial charge in [0.15, 0.2) is 0 Å². The molecule has 0 aliphatic carbocycles. The third-order valence-electron chi connectivity index (χ3n) is 7.74. The molecule has 0 aromatic heterocycles. The van der Waals surface area contributed by atoms with E-state index in [1.807, 2.05) is 62.3 Å². The molecule has 1 N–H and O–H groups in total. The molecule has 1 aliphatic heterocycles. The van der Waals surface area contributed by atoms with E-state index in [0.717, 1.165) is 16.8 Å². The van der Waals surface area contributed by atoms with Crippen LogP contribution in [0.15, 0.2) is 97.1 Å². The topological polar surface area (TPSA) is 99.3 Å². The molecule has 1 atom stereocenters. The number of aryl methyl sites for hydroxylation is 1. The number of rotatable bonds is 10. The van der Waals surface area contributed by atoms with Gasteiger partial charge in [0.25, 0.3) is 17.6 Å². The lowest BCUT2D eigenvalue weighted by molar-refractivity contribution is -0.139. The van der Waals surface area contributed by atoms with Crippen LogP contribution in [0.4, 0.5) is 17.1 Å². The summed E-state index contributed by atoms with van der Waals surface area (Å²) in [6.45, 7) is 1.61. The summed E-state index contributed by atoms with van der Waals surface area (Å²) < 4.78 is 5.34. The van der Waals surface area contributed by atoms with E-state index in [9.17, 15) is 19.2 Å². The minimum atomic E-state index is -1.08. The number of ketones is 1. The molecule has 5 rings (SSSR count). The molecule has 0 saturated carbocycles. The summed E-state index contributed by atoms with van der Waals surface area (Å²) in [5, 5.41) is 2.98. The fraction of sp³-hybridized carbons (Fsp3) is 0.200. The maximum Gasteiger partial charge on any atom is 0.299 e. The fourth-order valence-corrected chi connectivity index (χ4v) is 5.24. The molecular weight excluding hydrogens is 556 g/mol. The third kappa shape index (κ3) is 6.17. The Morgan fingerprint density at radius 1 is 0.864 bits per heavy atom. The molecular formula is C35H34N4O5. The van der Waals surface area contributed by atoms with E-state index in [2.05, 4.69) is 5.32 Å². The minimum absolute atomic E-state index is 0.0901. The van der Waals surface area contributed by atoms with E-state index in [0.29, 0.717) is 22.7 Å². The zero-order valence-electron chi connectivity index (χ0n) is 25.1. The molecule has 9 heteroatoms. The molecule has 4 aromatic carbocycles. The highest BCUT2D eigenvalue weighted by Crippen LogP contribution is 2.31. The van der Waals surface area contributed by atoms with Crippen molar-refractivity contribution in [2.24, 2.45) is 0 Å². The second-order valence-electron chi connectivity index (χ2n) is 10.8. The molecule has 0 radical (unpaired) electrons.